The van der Waals surface area contributed by atoms with Crippen LogP contribution in [0.1, 0.15) is 38.5 Å². The van der Waals surface area contributed by atoms with E-state index in [0.717, 1.165) is 38.5 Å². The molecule has 0 aromatic rings. The zero-order valence-electron chi connectivity index (χ0n) is 8.14. The molecule has 13 heavy (non-hydrogen) atoms. The number of methoxy groups -OCH3 is 1. The predicted octanol–water partition coefficient (Wildman–Crippen LogP) is 1.21. The molecular formula is C10H17NO2. The van der Waals surface area contributed by atoms with Crippen LogP contribution >= 0.6 is 0 Å². The van der Waals surface area contributed by atoms with Crippen molar-refractivity contribution in [1.29, 1.82) is 0 Å². The maximum Gasteiger partial charge on any atom is 0.311 e. The molecule has 2 saturated carbocycles. The van der Waals surface area contributed by atoms with Gasteiger partial charge >= 0.3 is 5.97 Å². The molecule has 0 aromatic heterocycles. The van der Waals surface area contributed by atoms with Gasteiger partial charge in [-0.25, -0.2) is 0 Å². The van der Waals surface area contributed by atoms with Gasteiger partial charge < -0.3 is 10.5 Å². The molecule has 2 rings (SSSR count). The van der Waals surface area contributed by atoms with E-state index >= 15 is 0 Å². The number of carbonyl (C=O) groups is 1. The van der Waals surface area contributed by atoms with Crippen molar-refractivity contribution in [3.8, 4) is 0 Å². The van der Waals surface area contributed by atoms with Crippen molar-refractivity contribution in [2.24, 2.45) is 11.1 Å². The lowest BCUT2D eigenvalue weighted by molar-refractivity contribution is -0.154. The fourth-order valence-corrected chi connectivity index (χ4v) is 3.04. The molecule has 0 radical (unpaired) electrons. The van der Waals surface area contributed by atoms with Crippen LogP contribution in [0.3, 0.4) is 0 Å². The first-order chi connectivity index (χ1) is 6.10. The minimum Gasteiger partial charge on any atom is -0.469 e. The molecule has 2 N–H and O–H groups in total. The third-order valence-electron chi connectivity index (χ3n) is 3.74. The van der Waals surface area contributed by atoms with Crippen LogP contribution in [-0.2, 0) is 9.53 Å². The number of rotatable bonds is 1. The topological polar surface area (TPSA) is 52.3 Å². The zero-order valence-corrected chi connectivity index (χ0v) is 8.14. The number of fused-ring (bicyclic) bond motifs is 2. The van der Waals surface area contributed by atoms with Crippen LogP contribution < -0.4 is 5.73 Å². The van der Waals surface area contributed by atoms with Crippen molar-refractivity contribution in [3.63, 3.8) is 0 Å². The van der Waals surface area contributed by atoms with Gasteiger partial charge in [-0.2, -0.15) is 0 Å². The smallest absolute Gasteiger partial charge is 0.311 e. The second-order valence-electron chi connectivity index (χ2n) is 4.66. The fourth-order valence-electron chi connectivity index (χ4n) is 3.04. The SMILES string of the molecule is COC(=O)[C@@]12CCC[C@@](N)(CC1)C2. The molecule has 2 atom stereocenters. The lowest BCUT2D eigenvalue weighted by Crippen LogP contribution is -2.43. The van der Waals surface area contributed by atoms with Crippen molar-refractivity contribution in [3.05, 3.63) is 0 Å². The van der Waals surface area contributed by atoms with E-state index in [1.807, 2.05) is 0 Å². The van der Waals surface area contributed by atoms with E-state index in [1.54, 1.807) is 0 Å². The Kier molecular flexibility index (Phi) is 1.88. The van der Waals surface area contributed by atoms with E-state index in [4.69, 9.17) is 10.5 Å². The minimum atomic E-state index is -0.220. The summed E-state index contributed by atoms with van der Waals surface area (Å²) in [7, 11) is 1.47. The van der Waals surface area contributed by atoms with Gasteiger partial charge in [-0.05, 0) is 32.1 Å². The van der Waals surface area contributed by atoms with E-state index in [0.29, 0.717) is 0 Å². The average Bonchev–Trinajstić information content (AvgIpc) is 2.37. The molecule has 2 bridgehead atoms. The van der Waals surface area contributed by atoms with Crippen molar-refractivity contribution >= 4 is 5.97 Å². The van der Waals surface area contributed by atoms with Gasteiger partial charge in [0.15, 0.2) is 0 Å². The zero-order chi connectivity index (χ0) is 9.53. The summed E-state index contributed by atoms with van der Waals surface area (Å²) in [6, 6.07) is 0. The number of hydrogen-bond acceptors (Lipinski definition) is 3. The lowest BCUT2D eigenvalue weighted by atomic mass is 9.73. The van der Waals surface area contributed by atoms with E-state index in [-0.39, 0.29) is 16.9 Å². The molecule has 0 heterocycles. The third-order valence-corrected chi connectivity index (χ3v) is 3.74. The molecule has 0 saturated heterocycles. The average molecular weight is 183 g/mol. The molecule has 0 spiro atoms. The Morgan fingerprint density at radius 1 is 1.31 bits per heavy atom. The monoisotopic (exact) mass is 183 g/mol. The lowest BCUT2D eigenvalue weighted by Gasteiger charge is -2.35. The van der Waals surface area contributed by atoms with Gasteiger partial charge in [-0.1, -0.05) is 6.42 Å². The molecule has 0 unspecified atom stereocenters. The summed E-state index contributed by atoms with van der Waals surface area (Å²) >= 11 is 0. The van der Waals surface area contributed by atoms with Gasteiger partial charge in [0.25, 0.3) is 0 Å². The first-order valence-electron chi connectivity index (χ1n) is 4.98. The highest BCUT2D eigenvalue weighted by atomic mass is 16.5. The number of carbonyl (C=O) groups excluding carboxylic acids is 1. The van der Waals surface area contributed by atoms with Crippen LogP contribution in [0, 0.1) is 5.41 Å². The Hall–Kier alpha value is -0.570. The van der Waals surface area contributed by atoms with Gasteiger partial charge in [0.05, 0.1) is 12.5 Å². The number of hydrogen-bond donors (Lipinski definition) is 1. The van der Waals surface area contributed by atoms with E-state index in [9.17, 15) is 4.79 Å². The van der Waals surface area contributed by atoms with Crippen LogP contribution in [0.4, 0.5) is 0 Å². The summed E-state index contributed by atoms with van der Waals surface area (Å²) < 4.78 is 4.86. The quantitative estimate of drug-likeness (QED) is 0.622. The molecule has 0 aliphatic heterocycles. The largest absolute Gasteiger partial charge is 0.469 e. The van der Waals surface area contributed by atoms with E-state index in [2.05, 4.69) is 0 Å². The highest BCUT2D eigenvalue weighted by molar-refractivity contribution is 5.77. The molecule has 2 aliphatic rings. The Labute approximate surface area is 78.6 Å². The van der Waals surface area contributed by atoms with E-state index < -0.39 is 0 Å². The third kappa shape index (κ3) is 1.26. The first kappa shape index (κ1) is 9.00. The first-order valence-corrected chi connectivity index (χ1v) is 4.98. The standard InChI is InChI=1S/C10H17NO2/c1-13-8(12)9-3-2-4-10(11,7-9)6-5-9/h2-7,11H2,1H3/t9-,10+/m0/s1. The Bertz CT molecular complexity index is 241. The maximum absolute atomic E-state index is 11.6. The Morgan fingerprint density at radius 2 is 2.08 bits per heavy atom. The molecule has 3 heteroatoms. The predicted molar refractivity (Wildman–Crippen MR) is 49.1 cm³/mol. The minimum absolute atomic E-state index is 0.0421. The summed E-state index contributed by atoms with van der Waals surface area (Å²) in [4.78, 5) is 11.6. The second-order valence-corrected chi connectivity index (χ2v) is 4.66. The van der Waals surface area contributed by atoms with Gasteiger partial charge in [-0.15, -0.1) is 0 Å². The normalized spacial score (nSPS) is 43.2. The maximum atomic E-state index is 11.6. The van der Waals surface area contributed by atoms with Crippen molar-refractivity contribution in [2.75, 3.05) is 7.11 Å². The number of nitrogens with two attached hydrogens (primary N) is 1. The van der Waals surface area contributed by atoms with Crippen molar-refractivity contribution < 1.29 is 9.53 Å². The second kappa shape index (κ2) is 2.71. The Balaban J connectivity index is 2.21. The summed E-state index contributed by atoms with van der Waals surface area (Å²) in [5, 5.41) is 0. The molecular weight excluding hydrogens is 166 g/mol. The van der Waals surface area contributed by atoms with Gasteiger partial charge in [-0.3, -0.25) is 4.79 Å². The summed E-state index contributed by atoms with van der Waals surface area (Å²) in [5.74, 6) is -0.0421. The van der Waals surface area contributed by atoms with Gasteiger partial charge in [0.2, 0.25) is 0 Å². The number of esters is 1. The van der Waals surface area contributed by atoms with Crippen LogP contribution in [0.25, 0.3) is 0 Å². The van der Waals surface area contributed by atoms with Crippen LogP contribution in [0.15, 0.2) is 0 Å². The van der Waals surface area contributed by atoms with Crippen LogP contribution in [0.2, 0.25) is 0 Å². The number of ether oxygens (including phenoxy) is 1. The van der Waals surface area contributed by atoms with E-state index in [1.165, 1.54) is 7.11 Å². The fraction of sp³-hybridized carbons (Fsp3) is 0.900. The summed E-state index contributed by atoms with van der Waals surface area (Å²) in [6.45, 7) is 0. The molecule has 0 aromatic carbocycles. The van der Waals surface area contributed by atoms with Gasteiger partial charge in [0.1, 0.15) is 0 Å². The van der Waals surface area contributed by atoms with Crippen molar-refractivity contribution in [1.82, 2.24) is 0 Å². The molecule has 74 valence electrons. The Morgan fingerprint density at radius 3 is 2.77 bits per heavy atom. The van der Waals surface area contributed by atoms with Gasteiger partial charge in [0, 0.05) is 5.54 Å². The van der Waals surface area contributed by atoms with Crippen molar-refractivity contribution in [2.45, 2.75) is 44.1 Å². The highest BCUT2D eigenvalue weighted by Gasteiger charge is 2.53. The van der Waals surface area contributed by atoms with Crippen LogP contribution in [0.5, 0.6) is 0 Å². The molecule has 2 aliphatic carbocycles. The highest BCUT2D eigenvalue weighted by Crippen LogP contribution is 2.52. The summed E-state index contributed by atoms with van der Waals surface area (Å²) in [6.07, 6.45) is 5.88. The summed E-state index contributed by atoms with van der Waals surface area (Å²) in [5.41, 5.74) is 5.89. The molecule has 0 amide bonds. The molecule has 3 nitrogen and oxygen atoms in total. The molecule has 2 fully saturated rings. The van der Waals surface area contributed by atoms with Crippen LogP contribution in [-0.4, -0.2) is 18.6 Å².